The second-order valence-electron chi connectivity index (χ2n) is 7.42. The van der Waals surface area contributed by atoms with Crippen molar-refractivity contribution >= 4 is 39.7 Å². The third-order valence-electron chi connectivity index (χ3n) is 5.04. The zero-order chi connectivity index (χ0) is 21.9. The first kappa shape index (κ1) is 24.9. The smallest absolute Gasteiger partial charge is 0.229 e. The zero-order valence-electron chi connectivity index (χ0n) is 16.8. The topological polar surface area (TPSA) is 83.6 Å². The first-order valence-corrected chi connectivity index (χ1v) is 11.3. The average molecular weight is 473 g/mol. The number of nitrogens with one attached hydrogen (secondary N) is 1. The van der Waals surface area contributed by atoms with Crippen LogP contribution in [0.2, 0.25) is 0 Å². The van der Waals surface area contributed by atoms with Gasteiger partial charge in [-0.15, -0.1) is 12.4 Å². The van der Waals surface area contributed by atoms with Gasteiger partial charge in [-0.25, -0.2) is 17.2 Å². The fourth-order valence-corrected chi connectivity index (χ4v) is 4.04. The summed E-state index contributed by atoms with van der Waals surface area (Å²) in [6, 6.07) is 9.36. The monoisotopic (exact) mass is 472 g/mol. The highest BCUT2D eigenvalue weighted by Crippen LogP contribution is 2.23. The highest BCUT2D eigenvalue weighted by atomic mass is 35.5. The molecule has 0 saturated carbocycles. The Kier molecular flexibility index (Phi) is 8.27. The van der Waals surface area contributed by atoms with E-state index in [1.54, 1.807) is 12.1 Å². The number of benzene rings is 2. The highest BCUT2D eigenvalue weighted by Gasteiger charge is 2.27. The second kappa shape index (κ2) is 10.3. The standard InChI is InChI=1S/C21H22F2N2O4S.ClH/c1-30(28,29)24-17-5-2-14(3-6-17)20(26)13-25-10-8-15(9-11-25)21(27)16-4-7-18(22)19(23)12-16;/h2-7,12,15,24H,8-11,13H2,1H3;1H. The summed E-state index contributed by atoms with van der Waals surface area (Å²) in [4.78, 5) is 27.0. The van der Waals surface area contributed by atoms with Gasteiger partial charge >= 0.3 is 0 Å². The van der Waals surface area contributed by atoms with Crippen LogP contribution in [0.1, 0.15) is 33.6 Å². The lowest BCUT2D eigenvalue weighted by atomic mass is 9.88. The van der Waals surface area contributed by atoms with Gasteiger partial charge in [-0.05, 0) is 68.4 Å². The van der Waals surface area contributed by atoms with Gasteiger partial charge in [0.15, 0.2) is 23.2 Å². The van der Waals surface area contributed by atoms with Gasteiger partial charge in [0.05, 0.1) is 12.8 Å². The predicted octanol–water partition coefficient (Wildman–Crippen LogP) is 3.54. The number of rotatable bonds is 7. The number of piperidine rings is 1. The molecular weight excluding hydrogens is 450 g/mol. The fraction of sp³-hybridized carbons (Fsp3) is 0.333. The third-order valence-corrected chi connectivity index (χ3v) is 5.65. The molecular formula is C21H23ClF2N2O4S. The van der Waals surface area contributed by atoms with Crippen molar-refractivity contribution in [2.24, 2.45) is 5.92 Å². The van der Waals surface area contributed by atoms with Crippen LogP contribution in [0, 0.1) is 17.6 Å². The van der Waals surface area contributed by atoms with E-state index in [9.17, 15) is 26.8 Å². The largest absolute Gasteiger partial charge is 0.296 e. The van der Waals surface area contributed by atoms with Crippen molar-refractivity contribution in [2.45, 2.75) is 12.8 Å². The van der Waals surface area contributed by atoms with E-state index < -0.39 is 21.7 Å². The molecule has 0 radical (unpaired) electrons. The lowest BCUT2D eigenvalue weighted by Crippen LogP contribution is -2.39. The molecule has 0 atom stereocenters. The summed E-state index contributed by atoms with van der Waals surface area (Å²) in [7, 11) is -3.38. The van der Waals surface area contributed by atoms with Gasteiger partial charge in [0.1, 0.15) is 0 Å². The summed E-state index contributed by atoms with van der Waals surface area (Å²) < 4.78 is 51.2. The van der Waals surface area contributed by atoms with Gasteiger partial charge in [0.2, 0.25) is 10.0 Å². The minimum absolute atomic E-state index is 0. The molecule has 1 saturated heterocycles. The lowest BCUT2D eigenvalue weighted by molar-refractivity contribution is 0.0805. The Hall–Kier alpha value is -2.36. The Morgan fingerprint density at radius 2 is 1.58 bits per heavy atom. The van der Waals surface area contributed by atoms with E-state index >= 15 is 0 Å². The summed E-state index contributed by atoms with van der Waals surface area (Å²) in [5, 5.41) is 0. The predicted molar refractivity (Wildman–Crippen MR) is 116 cm³/mol. The molecule has 6 nitrogen and oxygen atoms in total. The number of ketones is 2. The normalized spacial score (nSPS) is 15.2. The molecule has 2 aromatic carbocycles. The van der Waals surface area contributed by atoms with Crippen molar-refractivity contribution in [1.82, 2.24) is 4.90 Å². The third kappa shape index (κ3) is 6.81. The van der Waals surface area contributed by atoms with E-state index in [1.165, 1.54) is 18.2 Å². The number of halogens is 3. The summed E-state index contributed by atoms with van der Waals surface area (Å²) >= 11 is 0. The van der Waals surface area contributed by atoms with Gasteiger partial charge in [-0.1, -0.05) is 0 Å². The first-order chi connectivity index (χ1) is 14.1. The van der Waals surface area contributed by atoms with Crippen LogP contribution in [0.15, 0.2) is 42.5 Å². The van der Waals surface area contributed by atoms with Crippen molar-refractivity contribution in [3.8, 4) is 0 Å². The number of nitrogens with zero attached hydrogens (tertiary/aromatic N) is 1. The van der Waals surface area contributed by atoms with Crippen molar-refractivity contribution in [1.29, 1.82) is 0 Å². The lowest BCUT2D eigenvalue weighted by Gasteiger charge is -2.30. The minimum Gasteiger partial charge on any atom is -0.296 e. The zero-order valence-corrected chi connectivity index (χ0v) is 18.4. The SMILES string of the molecule is CS(=O)(=O)Nc1ccc(C(=O)CN2CCC(C(=O)c3ccc(F)c(F)c3)CC2)cc1.Cl. The van der Waals surface area contributed by atoms with Crippen molar-refractivity contribution in [2.75, 3.05) is 30.6 Å². The van der Waals surface area contributed by atoms with Gasteiger partial charge < -0.3 is 0 Å². The Morgan fingerprint density at radius 3 is 2.13 bits per heavy atom. The van der Waals surface area contributed by atoms with Gasteiger partial charge in [-0.3, -0.25) is 19.2 Å². The average Bonchev–Trinajstić information content (AvgIpc) is 2.69. The van der Waals surface area contributed by atoms with Gasteiger partial charge in [0, 0.05) is 22.7 Å². The van der Waals surface area contributed by atoms with Crippen LogP contribution in [-0.2, 0) is 10.0 Å². The van der Waals surface area contributed by atoms with E-state index in [1.807, 2.05) is 4.90 Å². The Balaban J connectivity index is 0.00000341. The van der Waals surface area contributed by atoms with Crippen LogP contribution < -0.4 is 4.72 Å². The molecule has 0 amide bonds. The molecule has 1 aliphatic rings. The van der Waals surface area contributed by atoms with Crippen LogP contribution in [0.3, 0.4) is 0 Å². The Labute approximate surface area is 186 Å². The maximum absolute atomic E-state index is 13.4. The van der Waals surface area contributed by atoms with Crippen LogP contribution >= 0.6 is 12.4 Å². The number of hydrogen-bond acceptors (Lipinski definition) is 5. The number of carbonyl (C=O) groups is 2. The Bertz CT molecular complexity index is 1050. The number of sulfonamides is 1. The van der Waals surface area contributed by atoms with E-state index in [-0.39, 0.29) is 42.0 Å². The first-order valence-electron chi connectivity index (χ1n) is 9.45. The van der Waals surface area contributed by atoms with Crippen LogP contribution in [0.5, 0.6) is 0 Å². The summed E-state index contributed by atoms with van der Waals surface area (Å²) in [5.41, 5.74) is 1.01. The quantitative estimate of drug-likeness (QED) is 0.623. The van der Waals surface area contributed by atoms with Crippen molar-refractivity contribution in [3.05, 3.63) is 65.2 Å². The molecule has 0 bridgehead atoms. The van der Waals surface area contributed by atoms with Crippen LogP contribution in [0.4, 0.5) is 14.5 Å². The molecule has 2 aromatic rings. The molecule has 1 fully saturated rings. The molecule has 1 N–H and O–H groups in total. The molecule has 168 valence electrons. The Morgan fingerprint density at radius 1 is 1.00 bits per heavy atom. The number of hydrogen-bond donors (Lipinski definition) is 1. The van der Waals surface area contributed by atoms with Crippen LogP contribution in [-0.4, -0.2) is 50.8 Å². The molecule has 1 heterocycles. The van der Waals surface area contributed by atoms with Gasteiger partial charge in [0.25, 0.3) is 0 Å². The van der Waals surface area contributed by atoms with Crippen molar-refractivity contribution in [3.63, 3.8) is 0 Å². The molecule has 0 aromatic heterocycles. The number of Topliss-reactive ketones (excluding diaryl/α,β-unsaturated/α-hetero) is 2. The van der Waals surface area contributed by atoms with E-state index in [2.05, 4.69) is 4.72 Å². The molecule has 0 unspecified atom stereocenters. The fourth-order valence-electron chi connectivity index (χ4n) is 3.47. The van der Waals surface area contributed by atoms with E-state index in [0.29, 0.717) is 37.2 Å². The summed E-state index contributed by atoms with van der Waals surface area (Å²) in [5.74, 6) is -2.63. The molecule has 31 heavy (non-hydrogen) atoms. The summed E-state index contributed by atoms with van der Waals surface area (Å²) in [6.45, 7) is 1.27. The number of carbonyl (C=O) groups excluding carboxylic acids is 2. The molecule has 1 aliphatic heterocycles. The molecule has 10 heteroatoms. The van der Waals surface area contributed by atoms with Gasteiger partial charge in [-0.2, -0.15) is 0 Å². The maximum atomic E-state index is 13.4. The number of likely N-dealkylation sites (tertiary alicyclic amines) is 1. The molecule has 3 rings (SSSR count). The van der Waals surface area contributed by atoms with E-state index in [4.69, 9.17) is 0 Å². The van der Waals surface area contributed by atoms with Crippen LogP contribution in [0.25, 0.3) is 0 Å². The second-order valence-corrected chi connectivity index (χ2v) is 9.17. The molecule has 0 spiro atoms. The highest BCUT2D eigenvalue weighted by molar-refractivity contribution is 7.92. The van der Waals surface area contributed by atoms with E-state index in [0.717, 1.165) is 18.4 Å². The summed E-state index contributed by atoms with van der Waals surface area (Å²) in [6.07, 6.45) is 2.11. The number of anilines is 1. The molecule has 0 aliphatic carbocycles. The minimum atomic E-state index is -3.38. The van der Waals surface area contributed by atoms with Crippen molar-refractivity contribution < 1.29 is 26.8 Å². The maximum Gasteiger partial charge on any atom is 0.229 e.